The van der Waals surface area contributed by atoms with Gasteiger partial charge < -0.3 is 10.4 Å². The summed E-state index contributed by atoms with van der Waals surface area (Å²) in [6.45, 7) is 2.67. The Bertz CT molecular complexity index is 352. The molecule has 1 heterocycles. The molecule has 0 radical (unpaired) electrons. The van der Waals surface area contributed by atoms with Gasteiger partial charge in [0.2, 0.25) is 5.91 Å². The first-order valence-corrected chi connectivity index (χ1v) is 7.85. The van der Waals surface area contributed by atoms with Gasteiger partial charge in [-0.05, 0) is 25.2 Å². The Kier molecular flexibility index (Phi) is 5.39. The lowest BCUT2D eigenvalue weighted by Crippen LogP contribution is -2.32. The average molecular weight is 263 g/mol. The summed E-state index contributed by atoms with van der Waals surface area (Å²) in [5.74, 6) is -0.143. The van der Waals surface area contributed by atoms with Crippen molar-refractivity contribution in [1.29, 1.82) is 0 Å². The number of hydrogen-bond acceptors (Lipinski definition) is 4. The van der Waals surface area contributed by atoms with Gasteiger partial charge in [0.15, 0.2) is 9.84 Å². The van der Waals surface area contributed by atoms with E-state index in [1.54, 1.807) is 0 Å². The van der Waals surface area contributed by atoms with Gasteiger partial charge in [0.1, 0.15) is 0 Å². The smallest absolute Gasteiger partial charge is 0.224 e. The Morgan fingerprint density at radius 1 is 1.53 bits per heavy atom. The van der Waals surface area contributed by atoms with Crippen molar-refractivity contribution in [3.8, 4) is 0 Å². The number of rotatable bonds is 6. The predicted molar refractivity (Wildman–Crippen MR) is 65.3 cm³/mol. The molecular weight excluding hydrogens is 242 g/mol. The number of sulfone groups is 1. The van der Waals surface area contributed by atoms with E-state index in [1.807, 2.05) is 6.92 Å². The van der Waals surface area contributed by atoms with Crippen LogP contribution in [0.5, 0.6) is 0 Å². The minimum absolute atomic E-state index is 0.00806. The quantitative estimate of drug-likeness (QED) is 0.658. The number of amides is 1. The Labute approximate surface area is 103 Å². The molecule has 0 aliphatic carbocycles. The second-order valence-corrected chi connectivity index (χ2v) is 7.05. The van der Waals surface area contributed by atoms with Crippen LogP contribution in [0.15, 0.2) is 0 Å². The van der Waals surface area contributed by atoms with Crippen LogP contribution in [0.1, 0.15) is 26.2 Å². The number of hydrogen-bond donors (Lipinski definition) is 2. The molecule has 0 aromatic heterocycles. The minimum atomic E-state index is -2.98. The molecule has 100 valence electrons. The van der Waals surface area contributed by atoms with Crippen LogP contribution in [0.25, 0.3) is 0 Å². The molecule has 1 aliphatic heterocycles. The molecule has 5 nitrogen and oxygen atoms in total. The van der Waals surface area contributed by atoms with Crippen LogP contribution < -0.4 is 5.32 Å². The minimum Gasteiger partial charge on any atom is -0.396 e. The third-order valence-corrected chi connectivity index (χ3v) is 4.86. The lowest BCUT2D eigenvalue weighted by atomic mass is 10.1. The number of nitrogens with one attached hydrogen (secondary N) is 1. The Balaban J connectivity index is 2.18. The van der Waals surface area contributed by atoms with Crippen LogP contribution in [0.4, 0.5) is 0 Å². The molecule has 1 rings (SSSR count). The largest absolute Gasteiger partial charge is 0.396 e. The van der Waals surface area contributed by atoms with Gasteiger partial charge in [-0.25, -0.2) is 8.42 Å². The van der Waals surface area contributed by atoms with Crippen molar-refractivity contribution in [2.45, 2.75) is 26.2 Å². The highest BCUT2D eigenvalue weighted by Crippen LogP contribution is 2.18. The summed E-state index contributed by atoms with van der Waals surface area (Å²) in [5.41, 5.74) is 0. The zero-order chi connectivity index (χ0) is 12.9. The molecule has 6 heteroatoms. The molecule has 2 atom stereocenters. The molecule has 0 aromatic carbocycles. The molecule has 2 N–H and O–H groups in total. The molecule has 0 spiro atoms. The first kappa shape index (κ1) is 14.4. The van der Waals surface area contributed by atoms with E-state index in [-0.39, 0.29) is 35.9 Å². The lowest BCUT2D eigenvalue weighted by molar-refractivity contribution is -0.124. The highest BCUT2D eigenvalue weighted by atomic mass is 32.2. The van der Waals surface area contributed by atoms with Crippen molar-refractivity contribution in [3.63, 3.8) is 0 Å². The molecule has 2 unspecified atom stereocenters. The van der Waals surface area contributed by atoms with E-state index < -0.39 is 9.84 Å². The maximum atomic E-state index is 11.6. The molecule has 1 aliphatic rings. The fourth-order valence-corrected chi connectivity index (χ4v) is 3.64. The second-order valence-electron chi connectivity index (χ2n) is 4.82. The highest BCUT2D eigenvalue weighted by Gasteiger charge is 2.32. The summed E-state index contributed by atoms with van der Waals surface area (Å²) in [5, 5.41) is 11.6. The zero-order valence-electron chi connectivity index (χ0n) is 10.2. The van der Waals surface area contributed by atoms with Crippen molar-refractivity contribution in [1.82, 2.24) is 5.32 Å². The molecule has 0 bridgehead atoms. The van der Waals surface area contributed by atoms with Crippen LogP contribution in [0, 0.1) is 11.8 Å². The summed E-state index contributed by atoms with van der Waals surface area (Å²) in [7, 11) is -2.98. The summed E-state index contributed by atoms with van der Waals surface area (Å²) in [6, 6.07) is 0. The number of aliphatic hydroxyl groups excluding tert-OH is 1. The van der Waals surface area contributed by atoms with Gasteiger partial charge in [-0.3, -0.25) is 4.79 Å². The van der Waals surface area contributed by atoms with Gasteiger partial charge in [0, 0.05) is 13.2 Å². The zero-order valence-corrected chi connectivity index (χ0v) is 11.0. The fourth-order valence-electron chi connectivity index (χ4n) is 1.90. The summed E-state index contributed by atoms with van der Waals surface area (Å²) >= 11 is 0. The van der Waals surface area contributed by atoms with Gasteiger partial charge >= 0.3 is 0 Å². The molecule has 0 saturated carbocycles. The van der Waals surface area contributed by atoms with Crippen LogP contribution in [-0.4, -0.2) is 44.1 Å². The lowest BCUT2D eigenvalue weighted by Gasteiger charge is -2.10. The van der Waals surface area contributed by atoms with Gasteiger partial charge in [-0.1, -0.05) is 6.92 Å². The number of aliphatic hydroxyl groups is 1. The van der Waals surface area contributed by atoms with Gasteiger partial charge in [0.05, 0.1) is 17.4 Å². The normalized spacial score (nSPS) is 24.5. The van der Waals surface area contributed by atoms with E-state index in [9.17, 15) is 13.2 Å². The molecule has 1 saturated heterocycles. The Morgan fingerprint density at radius 2 is 2.24 bits per heavy atom. The summed E-state index contributed by atoms with van der Waals surface area (Å²) < 4.78 is 22.4. The maximum Gasteiger partial charge on any atom is 0.224 e. The third-order valence-electron chi connectivity index (χ3n) is 3.09. The van der Waals surface area contributed by atoms with Crippen LogP contribution in [0.2, 0.25) is 0 Å². The van der Waals surface area contributed by atoms with E-state index >= 15 is 0 Å². The van der Waals surface area contributed by atoms with Crippen molar-refractivity contribution in [2.75, 3.05) is 24.7 Å². The van der Waals surface area contributed by atoms with Crippen molar-refractivity contribution >= 4 is 15.7 Å². The van der Waals surface area contributed by atoms with E-state index in [0.717, 1.165) is 12.8 Å². The van der Waals surface area contributed by atoms with Gasteiger partial charge in [-0.2, -0.15) is 0 Å². The molecule has 0 aromatic rings. The maximum absolute atomic E-state index is 11.6. The van der Waals surface area contributed by atoms with Crippen molar-refractivity contribution in [3.05, 3.63) is 0 Å². The van der Waals surface area contributed by atoms with E-state index in [4.69, 9.17) is 5.11 Å². The second kappa shape index (κ2) is 6.35. The van der Waals surface area contributed by atoms with Gasteiger partial charge in [0.25, 0.3) is 0 Å². The highest BCUT2D eigenvalue weighted by molar-refractivity contribution is 7.91. The van der Waals surface area contributed by atoms with Crippen molar-refractivity contribution in [2.24, 2.45) is 11.8 Å². The molecule has 1 fully saturated rings. The van der Waals surface area contributed by atoms with Crippen LogP contribution in [0.3, 0.4) is 0 Å². The molecule has 17 heavy (non-hydrogen) atoms. The average Bonchev–Trinajstić information content (AvgIpc) is 2.64. The van der Waals surface area contributed by atoms with Crippen LogP contribution in [-0.2, 0) is 14.6 Å². The van der Waals surface area contributed by atoms with Gasteiger partial charge in [-0.15, -0.1) is 0 Å². The monoisotopic (exact) mass is 263 g/mol. The van der Waals surface area contributed by atoms with Crippen molar-refractivity contribution < 1.29 is 18.3 Å². The molecular formula is C11H21NO4S. The molecule has 1 amide bonds. The number of carbonyl (C=O) groups excluding carboxylic acids is 1. The fraction of sp³-hybridized carbons (Fsp3) is 0.909. The van der Waals surface area contributed by atoms with E-state index in [2.05, 4.69) is 5.32 Å². The third kappa shape index (κ3) is 5.04. The topological polar surface area (TPSA) is 83.5 Å². The Morgan fingerprint density at radius 3 is 2.76 bits per heavy atom. The standard InChI is InChI=1S/C11H21NO4S/c1-9(7-13)3-2-5-12-11(14)10-4-6-17(15,16)8-10/h9-10,13H,2-8H2,1H3,(H,12,14). The first-order chi connectivity index (χ1) is 7.94. The Hall–Kier alpha value is -0.620. The van der Waals surface area contributed by atoms with Crippen LogP contribution >= 0.6 is 0 Å². The van der Waals surface area contributed by atoms with E-state index in [0.29, 0.717) is 13.0 Å². The van der Waals surface area contributed by atoms with E-state index in [1.165, 1.54) is 0 Å². The SMILES string of the molecule is CC(CO)CCCNC(=O)C1CCS(=O)(=O)C1. The summed E-state index contributed by atoms with van der Waals surface area (Å²) in [4.78, 5) is 11.6. The predicted octanol–water partition coefficient (Wildman–Crippen LogP) is -0.0541. The summed E-state index contributed by atoms with van der Waals surface area (Å²) in [6.07, 6.45) is 2.12. The number of carbonyl (C=O) groups is 1. The first-order valence-electron chi connectivity index (χ1n) is 6.03.